The summed E-state index contributed by atoms with van der Waals surface area (Å²) in [5.74, 6) is 0. The predicted octanol–water partition coefficient (Wildman–Crippen LogP) is 5.12. The molecule has 0 unspecified atom stereocenters. The molecule has 106 valence electrons. The van der Waals surface area contributed by atoms with Crippen LogP contribution in [-0.4, -0.2) is 0 Å². The molecule has 0 amide bonds. The zero-order valence-corrected chi connectivity index (χ0v) is 13.1. The Morgan fingerprint density at radius 2 is 1.10 bits per heavy atom. The van der Waals surface area contributed by atoms with Crippen LogP contribution in [0.4, 0.5) is 0 Å². The van der Waals surface area contributed by atoms with E-state index in [9.17, 15) is 0 Å². The van der Waals surface area contributed by atoms with Crippen LogP contribution >= 0.6 is 0 Å². The molecule has 0 N–H and O–H groups in total. The Balaban J connectivity index is 0.000000147. The van der Waals surface area contributed by atoms with Crippen molar-refractivity contribution in [1.82, 2.24) is 0 Å². The van der Waals surface area contributed by atoms with Gasteiger partial charge in [0, 0.05) is 0 Å². The average Bonchev–Trinajstić information content (AvgIpc) is 2.98. The maximum Gasteiger partial charge on any atom is 2.00 e. The molecule has 0 heterocycles. The van der Waals surface area contributed by atoms with Gasteiger partial charge in [-0.2, -0.15) is 58.7 Å². The van der Waals surface area contributed by atoms with Crippen LogP contribution in [0.1, 0.15) is 25.7 Å². The molecular formula is C20H18Fe. The van der Waals surface area contributed by atoms with Crippen molar-refractivity contribution in [3.8, 4) is 0 Å². The molecule has 4 rings (SSSR count). The Labute approximate surface area is 138 Å². The molecule has 0 aromatic heterocycles. The van der Waals surface area contributed by atoms with Gasteiger partial charge in [0.1, 0.15) is 0 Å². The van der Waals surface area contributed by atoms with Crippen molar-refractivity contribution in [2.45, 2.75) is 25.7 Å². The number of hydrogen-bond donors (Lipinski definition) is 0. The van der Waals surface area contributed by atoms with Gasteiger partial charge < -0.3 is 0 Å². The second-order valence-corrected chi connectivity index (χ2v) is 5.12. The Morgan fingerprint density at radius 3 is 1.57 bits per heavy atom. The Bertz CT molecular complexity index is 560. The van der Waals surface area contributed by atoms with E-state index < -0.39 is 0 Å². The van der Waals surface area contributed by atoms with E-state index in [1.54, 1.807) is 0 Å². The van der Waals surface area contributed by atoms with Crippen LogP contribution in [0, 0.1) is 12.2 Å². The van der Waals surface area contributed by atoms with Gasteiger partial charge >= 0.3 is 17.1 Å². The van der Waals surface area contributed by atoms with E-state index in [-0.39, 0.29) is 17.1 Å². The predicted molar refractivity (Wildman–Crippen MR) is 84.7 cm³/mol. The maximum atomic E-state index is 3.23. The van der Waals surface area contributed by atoms with E-state index >= 15 is 0 Å². The summed E-state index contributed by atoms with van der Waals surface area (Å²) in [7, 11) is 0. The molecule has 4 aliphatic rings. The molecule has 4 aliphatic carbocycles. The molecule has 0 aromatic carbocycles. The fourth-order valence-electron chi connectivity index (χ4n) is 2.59. The van der Waals surface area contributed by atoms with E-state index in [1.807, 2.05) is 0 Å². The van der Waals surface area contributed by atoms with Gasteiger partial charge in [-0.15, -0.1) is 12.2 Å². The summed E-state index contributed by atoms with van der Waals surface area (Å²) >= 11 is 0. The summed E-state index contributed by atoms with van der Waals surface area (Å²) in [5, 5.41) is 0. The van der Waals surface area contributed by atoms with Crippen LogP contribution in [0.25, 0.3) is 0 Å². The van der Waals surface area contributed by atoms with Gasteiger partial charge in [0.05, 0.1) is 0 Å². The number of allylic oxidation sites excluding steroid dienone is 16. The van der Waals surface area contributed by atoms with Gasteiger partial charge in [0.25, 0.3) is 0 Å². The maximum absolute atomic E-state index is 3.23. The third-order valence-electron chi connectivity index (χ3n) is 3.72. The third-order valence-corrected chi connectivity index (χ3v) is 3.72. The molecule has 0 saturated heterocycles. The zero-order chi connectivity index (χ0) is 13.6. The first-order chi connectivity index (χ1) is 9.93. The standard InChI is InChI=1S/2C10H9.Fe/c2*1-2-5-9-7-4-8-10(9)6-3-1;/h2*1-5H,6,8H2;/q2*-1;+2. The first kappa shape index (κ1) is 15.8. The fourth-order valence-corrected chi connectivity index (χ4v) is 2.59. The number of hydrogen-bond acceptors (Lipinski definition) is 0. The normalized spacial score (nSPS) is 20.6. The largest absolute Gasteiger partial charge is 2.00 e. The van der Waals surface area contributed by atoms with Gasteiger partial charge in [-0.25, -0.2) is 0 Å². The molecular weight excluding hydrogens is 296 g/mol. The quantitative estimate of drug-likeness (QED) is 0.430. The minimum absolute atomic E-state index is 0. The van der Waals surface area contributed by atoms with Gasteiger partial charge in [0.15, 0.2) is 0 Å². The molecule has 0 atom stereocenters. The van der Waals surface area contributed by atoms with Crippen LogP contribution in [0.3, 0.4) is 0 Å². The van der Waals surface area contributed by atoms with Crippen LogP contribution in [0.2, 0.25) is 0 Å². The summed E-state index contributed by atoms with van der Waals surface area (Å²) in [5.41, 5.74) is 5.60. The zero-order valence-electron chi connectivity index (χ0n) is 12.0. The Kier molecular flexibility index (Phi) is 6.04. The molecule has 0 spiro atoms. The van der Waals surface area contributed by atoms with Gasteiger partial charge in [-0.3, -0.25) is 0 Å². The van der Waals surface area contributed by atoms with Crippen molar-refractivity contribution in [3.63, 3.8) is 0 Å². The summed E-state index contributed by atoms with van der Waals surface area (Å²) in [6.07, 6.45) is 32.1. The molecule has 0 radical (unpaired) electrons. The van der Waals surface area contributed by atoms with E-state index in [0.29, 0.717) is 0 Å². The van der Waals surface area contributed by atoms with E-state index in [4.69, 9.17) is 0 Å². The molecule has 0 aliphatic heterocycles. The smallest absolute Gasteiger partial charge is 0.193 e. The SMILES string of the molecule is [C-]1=CCC2=C1C=CC=CC2.[C-]1=CCC2=C1C=CC=CC2.[Fe+2]. The monoisotopic (exact) mass is 314 g/mol. The summed E-state index contributed by atoms with van der Waals surface area (Å²) in [6, 6.07) is 0. The van der Waals surface area contributed by atoms with Crippen LogP contribution in [0.5, 0.6) is 0 Å². The summed E-state index contributed by atoms with van der Waals surface area (Å²) in [4.78, 5) is 0. The molecule has 0 fully saturated rings. The number of rotatable bonds is 0. The molecule has 0 aromatic rings. The molecule has 0 bridgehead atoms. The molecule has 0 saturated carbocycles. The average molecular weight is 314 g/mol. The van der Waals surface area contributed by atoms with Gasteiger partial charge in [0.2, 0.25) is 0 Å². The third kappa shape index (κ3) is 4.20. The van der Waals surface area contributed by atoms with Crippen molar-refractivity contribution < 1.29 is 17.1 Å². The van der Waals surface area contributed by atoms with Crippen LogP contribution in [-0.2, 0) is 17.1 Å². The van der Waals surface area contributed by atoms with E-state index in [2.05, 4.69) is 72.9 Å². The topological polar surface area (TPSA) is 0 Å². The second-order valence-electron chi connectivity index (χ2n) is 5.12. The van der Waals surface area contributed by atoms with Crippen LogP contribution in [0.15, 0.2) is 83.1 Å². The van der Waals surface area contributed by atoms with Crippen molar-refractivity contribution in [3.05, 3.63) is 95.2 Å². The van der Waals surface area contributed by atoms with Crippen molar-refractivity contribution in [2.75, 3.05) is 0 Å². The Hall–Kier alpha value is -1.56. The molecule has 21 heavy (non-hydrogen) atoms. The van der Waals surface area contributed by atoms with Crippen molar-refractivity contribution in [1.29, 1.82) is 0 Å². The first-order valence-corrected chi connectivity index (χ1v) is 7.20. The minimum atomic E-state index is 0. The van der Waals surface area contributed by atoms with Crippen molar-refractivity contribution in [2.24, 2.45) is 0 Å². The summed E-state index contributed by atoms with van der Waals surface area (Å²) in [6.45, 7) is 0. The second kappa shape index (κ2) is 8.02. The van der Waals surface area contributed by atoms with Crippen LogP contribution < -0.4 is 0 Å². The van der Waals surface area contributed by atoms with Gasteiger partial charge in [-0.05, 0) is 0 Å². The molecule has 0 nitrogen and oxygen atoms in total. The summed E-state index contributed by atoms with van der Waals surface area (Å²) < 4.78 is 0. The minimum Gasteiger partial charge on any atom is -0.193 e. The van der Waals surface area contributed by atoms with E-state index in [0.717, 1.165) is 25.7 Å². The van der Waals surface area contributed by atoms with E-state index in [1.165, 1.54) is 22.3 Å². The first-order valence-electron chi connectivity index (χ1n) is 7.20. The van der Waals surface area contributed by atoms with Gasteiger partial charge in [-0.1, -0.05) is 50.0 Å². The molecule has 1 heteroatoms. The van der Waals surface area contributed by atoms with Crippen molar-refractivity contribution >= 4 is 0 Å². The fraction of sp³-hybridized carbons (Fsp3) is 0.200. The Morgan fingerprint density at radius 1 is 0.619 bits per heavy atom.